The van der Waals surface area contributed by atoms with Crippen LogP contribution in [0.3, 0.4) is 0 Å². The summed E-state index contributed by atoms with van der Waals surface area (Å²) in [6.07, 6.45) is -3.72. The Bertz CT molecular complexity index is 1140. The predicted octanol–water partition coefficient (Wildman–Crippen LogP) is 3.16. The van der Waals surface area contributed by atoms with Gasteiger partial charge >= 0.3 is 6.18 Å². The lowest BCUT2D eigenvalue weighted by Gasteiger charge is -2.32. The van der Waals surface area contributed by atoms with Crippen LogP contribution in [0.5, 0.6) is 5.88 Å². The zero-order valence-electron chi connectivity index (χ0n) is 15.8. The van der Waals surface area contributed by atoms with Crippen molar-refractivity contribution in [3.63, 3.8) is 0 Å². The molecule has 30 heavy (non-hydrogen) atoms. The summed E-state index contributed by atoms with van der Waals surface area (Å²) >= 11 is 1.15. The van der Waals surface area contributed by atoms with E-state index < -0.39 is 23.8 Å². The van der Waals surface area contributed by atoms with E-state index in [9.17, 15) is 23.1 Å². The second-order valence-electron chi connectivity index (χ2n) is 6.60. The summed E-state index contributed by atoms with van der Waals surface area (Å²) in [5.74, 6) is -0.871. The van der Waals surface area contributed by atoms with Crippen molar-refractivity contribution in [3.05, 3.63) is 59.7 Å². The Labute approximate surface area is 174 Å². The molecule has 0 aliphatic carbocycles. The first-order chi connectivity index (χ1) is 14.2. The summed E-state index contributed by atoms with van der Waals surface area (Å²) < 4.78 is 40.4. The van der Waals surface area contributed by atoms with Gasteiger partial charge in [0.15, 0.2) is 0 Å². The van der Waals surface area contributed by atoms with Crippen molar-refractivity contribution in [2.75, 3.05) is 11.2 Å². The maximum atomic E-state index is 13.0. The van der Waals surface area contributed by atoms with Gasteiger partial charge in [-0.2, -0.15) is 13.2 Å². The van der Waals surface area contributed by atoms with Gasteiger partial charge in [0.1, 0.15) is 0 Å². The van der Waals surface area contributed by atoms with E-state index in [4.69, 9.17) is 0 Å². The topological polar surface area (TPSA) is 73.0 Å². The molecule has 1 aliphatic rings. The minimum absolute atomic E-state index is 0.172. The molecule has 10 heteroatoms. The monoisotopic (exact) mass is 432 g/mol. The molecule has 154 valence electrons. The first-order valence-electron chi connectivity index (χ1n) is 8.83. The summed E-state index contributed by atoms with van der Waals surface area (Å²) in [4.78, 5) is 18.0. The molecule has 1 atom stereocenters. The minimum atomic E-state index is -4.49. The van der Waals surface area contributed by atoms with E-state index in [0.29, 0.717) is 16.8 Å². The van der Waals surface area contributed by atoms with Crippen molar-refractivity contribution in [2.45, 2.75) is 24.4 Å². The van der Waals surface area contributed by atoms with Crippen LogP contribution >= 0.6 is 11.8 Å². The van der Waals surface area contributed by atoms with Crippen LogP contribution in [0.2, 0.25) is 0 Å². The maximum absolute atomic E-state index is 13.0. The third-order valence-corrected chi connectivity index (χ3v) is 5.31. The Hall–Kier alpha value is -3.14. The number of anilines is 1. The number of carbonyl (C=O) groups is 1. The number of para-hydroxylation sites is 1. The number of halogens is 3. The molecule has 1 aromatic heterocycles. The van der Waals surface area contributed by atoms with E-state index in [1.54, 1.807) is 30.5 Å². The number of alkyl halides is 3. The number of hydrogen-bond donors (Lipinski definition) is 0. The highest BCUT2D eigenvalue weighted by molar-refractivity contribution is 7.98. The normalized spacial score (nSPS) is 15.5. The van der Waals surface area contributed by atoms with Crippen molar-refractivity contribution in [1.82, 2.24) is 10.1 Å². The highest BCUT2D eigenvalue weighted by Crippen LogP contribution is 2.41. The zero-order valence-corrected chi connectivity index (χ0v) is 16.7. The average Bonchev–Trinajstić information content (AvgIpc) is 2.71. The maximum Gasteiger partial charge on any atom is 0.416 e. The van der Waals surface area contributed by atoms with Gasteiger partial charge in [0.2, 0.25) is 5.91 Å². The van der Waals surface area contributed by atoms with Crippen LogP contribution in [0, 0.1) is 0 Å². The Morgan fingerprint density at radius 1 is 1.17 bits per heavy atom. The standard InChI is InChI=1S/C20H15F3N4O2S/c1-11(28)26-15-6-4-3-5-14(15)16-17(29)24-19(30-2)25-27(16)18(26)12-7-9-13(10-8-12)20(21,22)23/h3-10,18H,1-2H3. The first kappa shape index (κ1) is 20.1. The third kappa shape index (κ3) is 3.26. The molecule has 1 aliphatic heterocycles. The van der Waals surface area contributed by atoms with Crippen LogP contribution in [0.25, 0.3) is 11.3 Å². The smallest absolute Gasteiger partial charge is 0.416 e. The predicted molar refractivity (Wildman–Crippen MR) is 102 cm³/mol. The Morgan fingerprint density at radius 2 is 1.83 bits per heavy atom. The number of carbonyl (C=O) groups excluding carboxylic acids is 1. The fourth-order valence-electron chi connectivity index (χ4n) is 3.51. The molecule has 0 fully saturated rings. The number of thioether (sulfide) groups is 1. The summed E-state index contributed by atoms with van der Waals surface area (Å²) in [5, 5.41) is 17.4. The highest BCUT2D eigenvalue weighted by Gasteiger charge is 2.44. The molecular weight excluding hydrogens is 417 g/mol. The first-order valence-corrected chi connectivity index (χ1v) is 10.1. The van der Waals surface area contributed by atoms with Gasteiger partial charge in [-0.3, -0.25) is 4.79 Å². The summed E-state index contributed by atoms with van der Waals surface area (Å²) in [6.45, 7) is 1.36. The summed E-state index contributed by atoms with van der Waals surface area (Å²) in [7, 11) is 0. The molecule has 2 aromatic carbocycles. The van der Waals surface area contributed by atoms with Gasteiger partial charge in [0.05, 0.1) is 22.7 Å². The SMILES string of the molecule is CSc1nc([O-])c2[n+](n1)C(c1ccc(C(F)(F)F)cc1)N(C(C)=O)c1ccccc1-2. The zero-order chi connectivity index (χ0) is 21.6. The van der Waals surface area contributed by atoms with Gasteiger partial charge in [0, 0.05) is 17.6 Å². The minimum Gasteiger partial charge on any atom is -0.854 e. The van der Waals surface area contributed by atoms with E-state index >= 15 is 0 Å². The Morgan fingerprint density at radius 3 is 2.43 bits per heavy atom. The van der Waals surface area contributed by atoms with E-state index in [-0.39, 0.29) is 16.8 Å². The molecule has 0 saturated carbocycles. The number of hydrogen-bond acceptors (Lipinski definition) is 5. The molecule has 0 saturated heterocycles. The largest absolute Gasteiger partial charge is 0.854 e. The van der Waals surface area contributed by atoms with Gasteiger partial charge in [-0.05, 0) is 42.7 Å². The van der Waals surface area contributed by atoms with E-state index in [2.05, 4.69) is 10.1 Å². The molecule has 2 heterocycles. The van der Waals surface area contributed by atoms with Gasteiger partial charge in [0.25, 0.3) is 17.0 Å². The van der Waals surface area contributed by atoms with Crippen molar-refractivity contribution in [1.29, 1.82) is 0 Å². The molecule has 1 unspecified atom stereocenters. The summed E-state index contributed by atoms with van der Waals surface area (Å²) in [5.41, 5.74) is 0.690. The molecule has 0 bridgehead atoms. The van der Waals surface area contributed by atoms with Gasteiger partial charge in [-0.25, -0.2) is 9.88 Å². The van der Waals surface area contributed by atoms with Gasteiger partial charge < -0.3 is 5.11 Å². The lowest BCUT2D eigenvalue weighted by molar-refractivity contribution is -0.764. The van der Waals surface area contributed by atoms with Crippen LogP contribution in [-0.4, -0.2) is 22.2 Å². The number of benzene rings is 2. The van der Waals surface area contributed by atoms with Crippen LogP contribution in [0.15, 0.2) is 53.7 Å². The van der Waals surface area contributed by atoms with Crippen molar-refractivity contribution >= 4 is 23.4 Å². The number of rotatable bonds is 2. The Kier molecular flexibility index (Phi) is 4.89. The van der Waals surface area contributed by atoms with Crippen molar-refractivity contribution in [3.8, 4) is 17.1 Å². The number of fused-ring (bicyclic) bond motifs is 3. The van der Waals surface area contributed by atoms with Gasteiger partial charge in [-0.15, -0.1) is 0 Å². The fraction of sp³-hybridized carbons (Fsp3) is 0.200. The molecule has 1 amide bonds. The summed E-state index contributed by atoms with van der Waals surface area (Å²) in [6, 6.07) is 11.3. The van der Waals surface area contributed by atoms with Crippen LogP contribution < -0.4 is 14.7 Å². The van der Waals surface area contributed by atoms with Crippen LogP contribution in [0.1, 0.15) is 24.2 Å². The van der Waals surface area contributed by atoms with E-state index in [0.717, 1.165) is 23.9 Å². The highest BCUT2D eigenvalue weighted by atomic mass is 32.2. The van der Waals surface area contributed by atoms with Gasteiger partial charge in [-0.1, -0.05) is 28.6 Å². The lowest BCUT2D eigenvalue weighted by atomic mass is 10.0. The second-order valence-corrected chi connectivity index (χ2v) is 7.37. The lowest BCUT2D eigenvalue weighted by Crippen LogP contribution is -2.58. The molecular formula is C20H15F3N4O2S. The molecule has 3 aromatic rings. The van der Waals surface area contributed by atoms with Crippen molar-refractivity contribution in [2.24, 2.45) is 0 Å². The number of nitrogens with zero attached hydrogens (tertiary/aromatic N) is 4. The Balaban J connectivity index is 2.00. The molecule has 0 radical (unpaired) electrons. The third-order valence-electron chi connectivity index (χ3n) is 4.78. The van der Waals surface area contributed by atoms with Crippen molar-refractivity contribution < 1.29 is 27.8 Å². The van der Waals surface area contributed by atoms with Crippen LogP contribution in [-0.2, 0) is 11.0 Å². The average molecular weight is 432 g/mol. The van der Waals surface area contributed by atoms with E-state index in [1.165, 1.54) is 28.6 Å². The quantitative estimate of drug-likeness (QED) is 0.460. The van der Waals surface area contributed by atoms with Crippen LogP contribution in [0.4, 0.5) is 18.9 Å². The molecule has 6 nitrogen and oxygen atoms in total. The molecule has 4 rings (SSSR count). The number of amides is 1. The molecule has 0 spiro atoms. The fourth-order valence-corrected chi connectivity index (χ4v) is 3.85. The molecule has 0 N–H and O–H groups in total. The van der Waals surface area contributed by atoms with E-state index in [1.807, 2.05) is 0 Å². The second kappa shape index (κ2) is 7.28. The number of aromatic nitrogens is 3.